The second kappa shape index (κ2) is 5.32. The molecule has 0 fully saturated rings. The summed E-state index contributed by atoms with van der Waals surface area (Å²) in [6.07, 6.45) is 0. The zero-order valence-electron chi connectivity index (χ0n) is 7.31. The maximum atomic E-state index is 11.5. The van der Waals surface area contributed by atoms with Crippen molar-refractivity contribution in [2.45, 2.75) is 0 Å². The first-order chi connectivity index (χ1) is 6.60. The fraction of sp³-hybridized carbons (Fsp3) is 0.222. The number of ether oxygens (including phenoxy) is 1. The first-order valence-electron chi connectivity index (χ1n) is 3.72. The molecule has 0 bridgehead atoms. The van der Waals surface area contributed by atoms with Gasteiger partial charge in [0.2, 0.25) is 0 Å². The van der Waals surface area contributed by atoms with Crippen LogP contribution < -0.4 is 4.74 Å². The largest absolute Gasteiger partial charge is 0.495 e. The Morgan fingerprint density at radius 1 is 1.64 bits per heavy atom. The number of hydrogen-bond donors (Lipinski definition) is 0. The van der Waals surface area contributed by atoms with Crippen molar-refractivity contribution >= 4 is 55.9 Å². The van der Waals surface area contributed by atoms with E-state index < -0.39 is 0 Å². The van der Waals surface area contributed by atoms with Crippen molar-refractivity contribution < 1.29 is 9.53 Å². The molecule has 0 N–H and O–H groups in total. The number of carbonyl (C=O) groups is 1. The molecule has 0 spiro atoms. The molecule has 0 unspecified atom stereocenters. The van der Waals surface area contributed by atoms with Crippen LogP contribution in [0.15, 0.2) is 12.1 Å². The van der Waals surface area contributed by atoms with Crippen LogP contribution >= 0.6 is 50.1 Å². The van der Waals surface area contributed by atoms with Crippen molar-refractivity contribution in [1.29, 1.82) is 0 Å². The Kier molecular flexibility index (Phi) is 4.66. The van der Waals surface area contributed by atoms with Crippen LogP contribution in [0.3, 0.4) is 0 Å². The van der Waals surface area contributed by atoms with Crippen LogP contribution in [0, 0.1) is 3.57 Å². The Bertz CT molecular complexity index is 368. The molecule has 0 heterocycles. The second-order valence-corrected chi connectivity index (χ2v) is 4.71. The normalized spacial score (nSPS) is 10.0. The predicted molar refractivity (Wildman–Crippen MR) is 68.8 cm³/mol. The molecular formula is C9H7BrClIO2. The van der Waals surface area contributed by atoms with Crippen LogP contribution in [0.4, 0.5) is 0 Å². The van der Waals surface area contributed by atoms with Gasteiger partial charge in [0.15, 0.2) is 5.78 Å². The highest BCUT2D eigenvalue weighted by molar-refractivity contribution is 14.1. The van der Waals surface area contributed by atoms with Crippen molar-refractivity contribution in [1.82, 2.24) is 0 Å². The van der Waals surface area contributed by atoms with Crippen molar-refractivity contribution in [2.75, 3.05) is 12.4 Å². The molecule has 1 aromatic rings. The van der Waals surface area contributed by atoms with Crippen LogP contribution in [-0.2, 0) is 0 Å². The molecular weight excluding hydrogens is 382 g/mol. The summed E-state index contributed by atoms with van der Waals surface area (Å²) in [6.45, 7) is 0. The van der Waals surface area contributed by atoms with Crippen molar-refractivity contribution in [3.05, 3.63) is 26.3 Å². The number of alkyl halides is 1. The fourth-order valence-corrected chi connectivity index (χ4v) is 2.18. The number of hydrogen-bond acceptors (Lipinski definition) is 2. The lowest BCUT2D eigenvalue weighted by atomic mass is 10.1. The Morgan fingerprint density at radius 3 is 2.79 bits per heavy atom. The fourth-order valence-electron chi connectivity index (χ4n) is 0.988. The van der Waals surface area contributed by atoms with Gasteiger partial charge in [0.1, 0.15) is 5.75 Å². The number of rotatable bonds is 3. The van der Waals surface area contributed by atoms with E-state index in [0.717, 1.165) is 3.57 Å². The molecule has 5 heteroatoms. The van der Waals surface area contributed by atoms with Crippen LogP contribution in [0.5, 0.6) is 5.75 Å². The molecule has 0 aliphatic rings. The summed E-state index contributed by atoms with van der Waals surface area (Å²) in [6, 6.07) is 3.53. The highest BCUT2D eigenvalue weighted by Crippen LogP contribution is 2.30. The number of benzene rings is 1. The smallest absolute Gasteiger partial charge is 0.175 e. The predicted octanol–water partition coefficient (Wildman–Crippen LogP) is 3.53. The average Bonchev–Trinajstić information content (AvgIpc) is 2.19. The Hall–Kier alpha value is 0.190. The lowest BCUT2D eigenvalue weighted by Gasteiger charge is -2.07. The van der Waals surface area contributed by atoms with Gasteiger partial charge >= 0.3 is 0 Å². The minimum Gasteiger partial charge on any atom is -0.495 e. The molecule has 0 aliphatic carbocycles. The molecule has 1 rings (SSSR count). The molecule has 0 radical (unpaired) electrons. The van der Waals surface area contributed by atoms with Crippen LogP contribution in [0.25, 0.3) is 0 Å². The second-order valence-electron chi connectivity index (χ2n) is 2.53. The third-order valence-electron chi connectivity index (χ3n) is 1.65. The number of ketones is 1. The van der Waals surface area contributed by atoms with Crippen LogP contribution in [-0.4, -0.2) is 18.2 Å². The van der Waals surface area contributed by atoms with Gasteiger partial charge in [0.25, 0.3) is 0 Å². The van der Waals surface area contributed by atoms with Crippen LogP contribution in [0.2, 0.25) is 5.02 Å². The minimum atomic E-state index is -0.0492. The summed E-state index contributed by atoms with van der Waals surface area (Å²) in [5.74, 6) is 0.481. The molecule has 0 aliphatic heterocycles. The van der Waals surface area contributed by atoms with E-state index >= 15 is 0 Å². The third kappa shape index (κ3) is 2.61. The number of halogens is 3. The van der Waals surface area contributed by atoms with Gasteiger partial charge in [-0.25, -0.2) is 0 Å². The monoisotopic (exact) mass is 388 g/mol. The lowest BCUT2D eigenvalue weighted by Crippen LogP contribution is -2.02. The molecule has 0 atom stereocenters. The van der Waals surface area contributed by atoms with Crippen molar-refractivity contribution in [3.63, 3.8) is 0 Å². The van der Waals surface area contributed by atoms with E-state index in [1.54, 1.807) is 12.1 Å². The number of Topliss-reactive ketones (excluding diaryl/α,β-unsaturated/α-hetero) is 1. The van der Waals surface area contributed by atoms with Crippen LogP contribution in [0.1, 0.15) is 10.4 Å². The molecule has 0 saturated carbocycles. The maximum Gasteiger partial charge on any atom is 0.175 e. The van der Waals surface area contributed by atoms with Crippen molar-refractivity contribution in [3.8, 4) is 5.75 Å². The summed E-state index contributed by atoms with van der Waals surface area (Å²) in [7, 11) is 1.53. The Balaban J connectivity index is 3.29. The zero-order valence-corrected chi connectivity index (χ0v) is 11.8. The topological polar surface area (TPSA) is 26.3 Å². The van der Waals surface area contributed by atoms with Gasteiger partial charge in [-0.3, -0.25) is 4.79 Å². The van der Waals surface area contributed by atoms with Gasteiger partial charge < -0.3 is 4.74 Å². The maximum absolute atomic E-state index is 11.5. The van der Waals surface area contributed by atoms with E-state index in [1.165, 1.54) is 7.11 Å². The number of carbonyl (C=O) groups excluding carboxylic acids is 1. The highest BCUT2D eigenvalue weighted by atomic mass is 127. The first-order valence-corrected chi connectivity index (χ1v) is 6.30. The molecule has 1 aromatic carbocycles. The molecule has 0 aromatic heterocycles. The van der Waals surface area contributed by atoms with E-state index in [1.807, 2.05) is 0 Å². The summed E-state index contributed by atoms with van der Waals surface area (Å²) in [5, 5.41) is 0.632. The molecule has 0 amide bonds. The third-order valence-corrected chi connectivity index (χ3v) is 3.17. The molecule has 76 valence electrons. The first kappa shape index (κ1) is 12.3. The van der Waals surface area contributed by atoms with Gasteiger partial charge in [-0.15, -0.1) is 0 Å². The van der Waals surface area contributed by atoms with E-state index in [-0.39, 0.29) is 11.1 Å². The average molecular weight is 389 g/mol. The van der Waals surface area contributed by atoms with Gasteiger partial charge in [-0.05, 0) is 34.7 Å². The van der Waals surface area contributed by atoms with Gasteiger partial charge in [-0.1, -0.05) is 27.5 Å². The lowest BCUT2D eigenvalue weighted by molar-refractivity contribution is 0.102. The van der Waals surface area contributed by atoms with E-state index in [2.05, 4.69) is 38.5 Å². The SMILES string of the molecule is COc1cc(I)cc(C(=O)CBr)c1Cl. The van der Waals surface area contributed by atoms with Crippen molar-refractivity contribution in [2.24, 2.45) is 0 Å². The Labute approximate surface area is 109 Å². The summed E-state index contributed by atoms with van der Waals surface area (Å²) >= 11 is 11.2. The van der Waals surface area contributed by atoms with E-state index in [0.29, 0.717) is 16.3 Å². The summed E-state index contributed by atoms with van der Waals surface area (Å²) < 4.78 is 5.98. The van der Waals surface area contributed by atoms with E-state index in [9.17, 15) is 4.79 Å². The standard InChI is InChI=1S/C9H7BrClIO2/c1-14-8-3-5(12)2-6(9(8)11)7(13)4-10/h2-3H,4H2,1H3. The van der Waals surface area contributed by atoms with Gasteiger partial charge in [0.05, 0.1) is 17.5 Å². The highest BCUT2D eigenvalue weighted by Gasteiger charge is 2.14. The molecule has 0 saturated heterocycles. The summed E-state index contributed by atoms with van der Waals surface area (Å²) in [5.41, 5.74) is 0.493. The summed E-state index contributed by atoms with van der Waals surface area (Å²) in [4.78, 5) is 11.5. The number of methoxy groups -OCH3 is 1. The molecule has 2 nitrogen and oxygen atoms in total. The molecule has 14 heavy (non-hydrogen) atoms. The van der Waals surface area contributed by atoms with Gasteiger partial charge in [0, 0.05) is 9.13 Å². The van der Waals surface area contributed by atoms with Gasteiger partial charge in [-0.2, -0.15) is 0 Å². The Morgan fingerprint density at radius 2 is 2.29 bits per heavy atom. The van der Waals surface area contributed by atoms with E-state index in [4.69, 9.17) is 16.3 Å². The zero-order chi connectivity index (χ0) is 10.7. The quantitative estimate of drug-likeness (QED) is 0.449. The minimum absolute atomic E-state index is 0.0492.